The molecule has 9 heteroatoms. The van der Waals surface area contributed by atoms with E-state index in [4.69, 9.17) is 25.8 Å². The molecule has 1 amide bonds. The lowest BCUT2D eigenvalue weighted by Gasteiger charge is -2.36. The van der Waals surface area contributed by atoms with E-state index in [1.807, 2.05) is 51.1 Å². The number of pyridine rings is 1. The van der Waals surface area contributed by atoms with Crippen LogP contribution in [0, 0.1) is 0 Å². The number of aromatic nitrogens is 1. The normalized spacial score (nSPS) is 13.8. The van der Waals surface area contributed by atoms with Crippen LogP contribution in [0.1, 0.15) is 31.1 Å². The number of hydrogen-bond donors (Lipinski definition) is 0. The fourth-order valence-corrected chi connectivity index (χ4v) is 4.28. The summed E-state index contributed by atoms with van der Waals surface area (Å²) in [5.74, 6) is 0.184. The van der Waals surface area contributed by atoms with E-state index in [-0.39, 0.29) is 22.4 Å². The van der Waals surface area contributed by atoms with Gasteiger partial charge in [-0.3, -0.25) is 4.98 Å². The average Bonchev–Trinajstić information content (AvgIpc) is 2.88. The summed E-state index contributed by atoms with van der Waals surface area (Å²) in [6, 6.07) is 14.9. The van der Waals surface area contributed by atoms with E-state index in [0.29, 0.717) is 31.9 Å². The Balaban J connectivity index is 1.49. The van der Waals surface area contributed by atoms with E-state index < -0.39 is 11.6 Å². The molecule has 0 unspecified atom stereocenters. The van der Waals surface area contributed by atoms with Gasteiger partial charge in [-0.15, -0.1) is 0 Å². The molecule has 1 saturated heterocycles. The Kier molecular flexibility index (Phi) is 7.88. The molecule has 37 heavy (non-hydrogen) atoms. The SMILES string of the molecule is COC(=O)c1c(Cl)cccc1Oc1cnccc1-c1ccc(N2CCN(C(=O)OC(C)(C)C)CC2)cc1. The van der Waals surface area contributed by atoms with E-state index >= 15 is 0 Å². The van der Waals surface area contributed by atoms with Crippen molar-refractivity contribution in [1.82, 2.24) is 9.88 Å². The molecule has 1 fully saturated rings. The van der Waals surface area contributed by atoms with Crippen LogP contribution in [0.15, 0.2) is 60.9 Å². The molecule has 3 aromatic rings. The molecule has 2 heterocycles. The fraction of sp³-hybridized carbons (Fsp3) is 0.321. The molecule has 4 rings (SSSR count). The third-order valence-electron chi connectivity index (χ3n) is 5.84. The Morgan fingerprint density at radius 1 is 0.946 bits per heavy atom. The Bertz CT molecular complexity index is 1270. The standard InChI is InChI=1S/C28H30ClN3O5/c1-28(2,3)37-27(34)32-16-14-31(15-17-32)20-10-8-19(9-11-20)21-12-13-30-18-24(21)36-23-7-5-6-22(29)25(23)26(33)35-4/h5-13,18H,14-17H2,1-4H3. The molecular formula is C28H30ClN3O5. The van der Waals surface area contributed by atoms with Gasteiger partial charge < -0.3 is 24.0 Å². The van der Waals surface area contributed by atoms with E-state index in [2.05, 4.69) is 9.88 Å². The predicted octanol–water partition coefficient (Wildman–Crippen LogP) is 6.04. The van der Waals surface area contributed by atoms with Crippen LogP contribution in [-0.2, 0) is 9.47 Å². The van der Waals surface area contributed by atoms with Gasteiger partial charge in [0.1, 0.15) is 16.9 Å². The van der Waals surface area contributed by atoms with Gasteiger partial charge >= 0.3 is 12.1 Å². The van der Waals surface area contributed by atoms with Crippen LogP contribution in [0.25, 0.3) is 11.1 Å². The second-order valence-electron chi connectivity index (χ2n) is 9.58. The van der Waals surface area contributed by atoms with Crippen molar-refractivity contribution in [2.45, 2.75) is 26.4 Å². The van der Waals surface area contributed by atoms with Crippen molar-refractivity contribution in [3.63, 3.8) is 0 Å². The number of amides is 1. The Morgan fingerprint density at radius 2 is 1.65 bits per heavy atom. The summed E-state index contributed by atoms with van der Waals surface area (Å²) >= 11 is 6.24. The number of methoxy groups -OCH3 is 1. The molecule has 0 atom stereocenters. The number of piperazine rings is 1. The maximum absolute atomic E-state index is 12.4. The van der Waals surface area contributed by atoms with Gasteiger partial charge in [0.25, 0.3) is 0 Å². The molecule has 194 valence electrons. The first-order valence-electron chi connectivity index (χ1n) is 12.0. The Hall–Kier alpha value is -3.78. The van der Waals surface area contributed by atoms with Crippen molar-refractivity contribution in [2.75, 3.05) is 38.2 Å². The first-order valence-corrected chi connectivity index (χ1v) is 12.4. The Labute approximate surface area is 221 Å². The zero-order valence-corrected chi connectivity index (χ0v) is 22.1. The third-order valence-corrected chi connectivity index (χ3v) is 6.16. The van der Waals surface area contributed by atoms with Crippen LogP contribution < -0.4 is 9.64 Å². The largest absolute Gasteiger partial charge is 0.465 e. The maximum Gasteiger partial charge on any atom is 0.410 e. The number of esters is 1. The van der Waals surface area contributed by atoms with Crippen LogP contribution in [0.4, 0.5) is 10.5 Å². The van der Waals surface area contributed by atoms with Crippen molar-refractivity contribution in [3.05, 3.63) is 71.5 Å². The van der Waals surface area contributed by atoms with Gasteiger partial charge in [-0.25, -0.2) is 9.59 Å². The second-order valence-corrected chi connectivity index (χ2v) is 9.99. The number of rotatable bonds is 5. The lowest BCUT2D eigenvalue weighted by atomic mass is 10.1. The minimum Gasteiger partial charge on any atom is -0.465 e. The smallest absolute Gasteiger partial charge is 0.410 e. The number of anilines is 1. The molecule has 1 aliphatic rings. The van der Waals surface area contributed by atoms with Gasteiger partial charge in [0.2, 0.25) is 0 Å². The minimum atomic E-state index is -0.581. The minimum absolute atomic E-state index is 0.155. The number of carbonyl (C=O) groups is 2. The van der Waals surface area contributed by atoms with Crippen molar-refractivity contribution >= 4 is 29.4 Å². The highest BCUT2D eigenvalue weighted by molar-refractivity contribution is 6.34. The summed E-state index contributed by atoms with van der Waals surface area (Å²) in [6.07, 6.45) is 3.01. The van der Waals surface area contributed by atoms with Crippen LogP contribution in [0.3, 0.4) is 0 Å². The summed E-state index contributed by atoms with van der Waals surface area (Å²) in [5.41, 5.74) is 2.45. The van der Waals surface area contributed by atoms with Crippen molar-refractivity contribution in [3.8, 4) is 22.6 Å². The molecule has 0 aliphatic carbocycles. The van der Waals surface area contributed by atoms with E-state index in [1.54, 1.807) is 35.5 Å². The summed E-state index contributed by atoms with van der Waals surface area (Å²) in [6.45, 7) is 8.24. The number of carbonyl (C=O) groups excluding carboxylic acids is 2. The van der Waals surface area contributed by atoms with Crippen LogP contribution in [0.2, 0.25) is 5.02 Å². The number of hydrogen-bond acceptors (Lipinski definition) is 7. The highest BCUT2D eigenvalue weighted by Crippen LogP contribution is 2.36. The van der Waals surface area contributed by atoms with Gasteiger partial charge in [-0.1, -0.05) is 29.8 Å². The van der Waals surface area contributed by atoms with Gasteiger partial charge in [0.15, 0.2) is 5.75 Å². The topological polar surface area (TPSA) is 81.2 Å². The molecule has 2 aromatic carbocycles. The highest BCUT2D eigenvalue weighted by Gasteiger charge is 2.26. The van der Waals surface area contributed by atoms with Gasteiger partial charge in [-0.2, -0.15) is 0 Å². The number of halogens is 1. The molecular weight excluding hydrogens is 494 g/mol. The average molecular weight is 524 g/mol. The Morgan fingerprint density at radius 3 is 2.30 bits per heavy atom. The molecule has 8 nitrogen and oxygen atoms in total. The van der Waals surface area contributed by atoms with Crippen LogP contribution in [-0.4, -0.2) is 60.8 Å². The quantitative estimate of drug-likeness (QED) is 0.377. The number of ether oxygens (including phenoxy) is 3. The predicted molar refractivity (Wildman–Crippen MR) is 143 cm³/mol. The monoisotopic (exact) mass is 523 g/mol. The lowest BCUT2D eigenvalue weighted by Crippen LogP contribution is -2.50. The van der Waals surface area contributed by atoms with Crippen molar-refractivity contribution in [1.29, 1.82) is 0 Å². The number of nitrogens with zero attached hydrogens (tertiary/aromatic N) is 3. The first-order chi connectivity index (χ1) is 17.7. The third kappa shape index (κ3) is 6.32. The highest BCUT2D eigenvalue weighted by atomic mass is 35.5. The fourth-order valence-electron chi connectivity index (χ4n) is 4.03. The van der Waals surface area contributed by atoms with Crippen molar-refractivity contribution < 1.29 is 23.8 Å². The van der Waals surface area contributed by atoms with Gasteiger partial charge in [-0.05, 0) is 56.7 Å². The van der Waals surface area contributed by atoms with E-state index in [1.165, 1.54) is 7.11 Å². The number of benzene rings is 2. The maximum atomic E-state index is 12.4. The molecule has 0 spiro atoms. The summed E-state index contributed by atoms with van der Waals surface area (Å²) < 4.78 is 16.5. The molecule has 1 aliphatic heterocycles. The van der Waals surface area contributed by atoms with Crippen molar-refractivity contribution in [2.24, 2.45) is 0 Å². The van der Waals surface area contributed by atoms with Crippen LogP contribution >= 0.6 is 11.6 Å². The molecule has 0 radical (unpaired) electrons. The molecule has 0 N–H and O–H groups in total. The molecule has 0 saturated carbocycles. The molecule has 0 bridgehead atoms. The first kappa shape index (κ1) is 26.3. The zero-order chi connectivity index (χ0) is 26.6. The zero-order valence-electron chi connectivity index (χ0n) is 21.4. The van der Waals surface area contributed by atoms with Gasteiger partial charge in [0.05, 0.1) is 18.3 Å². The molecule has 1 aromatic heterocycles. The van der Waals surface area contributed by atoms with E-state index in [0.717, 1.165) is 16.8 Å². The lowest BCUT2D eigenvalue weighted by molar-refractivity contribution is 0.0240. The summed E-state index contributed by atoms with van der Waals surface area (Å²) in [5, 5.41) is 0.242. The summed E-state index contributed by atoms with van der Waals surface area (Å²) in [4.78, 5) is 32.8. The summed E-state index contributed by atoms with van der Waals surface area (Å²) in [7, 11) is 1.30. The van der Waals surface area contributed by atoms with E-state index in [9.17, 15) is 9.59 Å². The van der Waals surface area contributed by atoms with Crippen LogP contribution in [0.5, 0.6) is 11.5 Å². The van der Waals surface area contributed by atoms with Gasteiger partial charge in [0, 0.05) is 43.6 Å². The second kappa shape index (κ2) is 11.1.